The highest BCUT2D eigenvalue weighted by Crippen LogP contribution is 2.33. The van der Waals surface area contributed by atoms with Crippen molar-refractivity contribution in [3.63, 3.8) is 0 Å². The van der Waals surface area contributed by atoms with Crippen LogP contribution in [-0.2, 0) is 24.3 Å². The molecular weight excluding hydrogens is 372 g/mol. The minimum atomic E-state index is -0.792. The molecule has 0 atom stereocenters. The summed E-state index contributed by atoms with van der Waals surface area (Å²) < 4.78 is 7.29. The fourth-order valence-corrected chi connectivity index (χ4v) is 3.49. The van der Waals surface area contributed by atoms with Gasteiger partial charge in [0.2, 0.25) is 0 Å². The summed E-state index contributed by atoms with van der Waals surface area (Å²) in [5, 5.41) is 20.3. The molecule has 0 saturated heterocycles. The van der Waals surface area contributed by atoms with Crippen LogP contribution in [0.2, 0.25) is 0 Å². The molecule has 2 aromatic heterocycles. The zero-order valence-electron chi connectivity index (χ0n) is 16.3. The summed E-state index contributed by atoms with van der Waals surface area (Å²) in [5.74, 6) is 0.226. The highest BCUT2D eigenvalue weighted by atomic mass is 16.5. The molecule has 0 amide bonds. The number of nitrogens with zero attached hydrogens (tertiary/aromatic N) is 5. The van der Waals surface area contributed by atoms with Crippen LogP contribution in [0.5, 0.6) is 0 Å². The summed E-state index contributed by atoms with van der Waals surface area (Å²) >= 11 is 0. The lowest BCUT2D eigenvalue weighted by Crippen LogP contribution is -2.26. The Morgan fingerprint density at radius 1 is 1.38 bits per heavy atom. The average Bonchev–Trinajstić information content (AvgIpc) is 3.39. The molecule has 152 valence electrons. The van der Waals surface area contributed by atoms with Gasteiger partial charge in [-0.25, -0.2) is 0 Å². The molecule has 1 aliphatic rings. The largest absolute Gasteiger partial charge is 0.481 e. The van der Waals surface area contributed by atoms with Crippen molar-refractivity contribution in [2.75, 3.05) is 18.0 Å². The molecular formula is C20H24N6O3. The molecule has 1 aromatic carbocycles. The van der Waals surface area contributed by atoms with Crippen LogP contribution in [0, 0.1) is 0 Å². The molecule has 0 saturated carbocycles. The lowest BCUT2D eigenvalue weighted by molar-refractivity contribution is -0.136. The van der Waals surface area contributed by atoms with E-state index in [2.05, 4.69) is 43.7 Å². The molecule has 9 nitrogen and oxygen atoms in total. The summed E-state index contributed by atoms with van der Waals surface area (Å²) in [5.41, 5.74) is 4.27. The van der Waals surface area contributed by atoms with E-state index >= 15 is 0 Å². The summed E-state index contributed by atoms with van der Waals surface area (Å²) in [7, 11) is 0. The second kappa shape index (κ2) is 8.44. The molecule has 0 fully saturated rings. The predicted octanol–water partition coefficient (Wildman–Crippen LogP) is 2.60. The molecule has 0 spiro atoms. The minimum Gasteiger partial charge on any atom is -0.481 e. The first-order chi connectivity index (χ1) is 14.1. The van der Waals surface area contributed by atoms with Gasteiger partial charge in [0.1, 0.15) is 0 Å². The lowest BCUT2D eigenvalue weighted by atomic mass is 9.99. The van der Waals surface area contributed by atoms with Crippen LogP contribution in [0.15, 0.2) is 35.1 Å². The van der Waals surface area contributed by atoms with Crippen molar-refractivity contribution < 1.29 is 14.4 Å². The molecule has 0 radical (unpaired) electrons. The Balaban J connectivity index is 1.49. The number of carbonyl (C=O) groups is 1. The van der Waals surface area contributed by atoms with Crippen LogP contribution < -0.4 is 10.2 Å². The number of hydrogen-bond donors (Lipinski definition) is 2. The predicted molar refractivity (Wildman–Crippen MR) is 107 cm³/mol. The SMILES string of the molecule is CCn1cc(-c2nc(N3CCCc4cc(CNCCC(=O)O)ccc43)no2)cn1. The molecule has 4 rings (SSSR count). The Hall–Kier alpha value is -3.20. The van der Waals surface area contributed by atoms with Gasteiger partial charge in [0.05, 0.1) is 18.2 Å². The molecule has 29 heavy (non-hydrogen) atoms. The van der Waals surface area contributed by atoms with Gasteiger partial charge in [0.15, 0.2) is 0 Å². The average molecular weight is 396 g/mol. The van der Waals surface area contributed by atoms with Crippen LogP contribution in [-0.4, -0.2) is 44.1 Å². The molecule has 1 aliphatic heterocycles. The molecule has 0 unspecified atom stereocenters. The Kier molecular flexibility index (Phi) is 5.57. The summed E-state index contributed by atoms with van der Waals surface area (Å²) in [4.78, 5) is 17.3. The van der Waals surface area contributed by atoms with E-state index < -0.39 is 5.97 Å². The first-order valence-electron chi connectivity index (χ1n) is 9.82. The number of aromatic nitrogens is 4. The van der Waals surface area contributed by atoms with Gasteiger partial charge in [-0.1, -0.05) is 12.1 Å². The van der Waals surface area contributed by atoms with Crippen molar-refractivity contribution >= 4 is 17.6 Å². The van der Waals surface area contributed by atoms with Crippen molar-refractivity contribution in [2.24, 2.45) is 0 Å². The van der Waals surface area contributed by atoms with E-state index in [1.165, 1.54) is 5.56 Å². The van der Waals surface area contributed by atoms with Gasteiger partial charge in [-0.05, 0) is 42.1 Å². The number of carboxylic acid groups (broad SMARTS) is 1. The normalized spacial score (nSPS) is 13.5. The van der Waals surface area contributed by atoms with E-state index in [9.17, 15) is 4.79 Å². The van der Waals surface area contributed by atoms with Gasteiger partial charge in [-0.15, -0.1) is 0 Å². The topological polar surface area (TPSA) is 109 Å². The van der Waals surface area contributed by atoms with E-state index in [-0.39, 0.29) is 6.42 Å². The second-order valence-electron chi connectivity index (χ2n) is 7.02. The maximum absolute atomic E-state index is 10.6. The fraction of sp³-hybridized carbons (Fsp3) is 0.400. The smallest absolute Gasteiger partial charge is 0.304 e. The van der Waals surface area contributed by atoms with Crippen molar-refractivity contribution in [3.8, 4) is 11.5 Å². The van der Waals surface area contributed by atoms with Crippen molar-refractivity contribution in [1.82, 2.24) is 25.2 Å². The Bertz CT molecular complexity index is 996. The quantitative estimate of drug-likeness (QED) is 0.559. The third kappa shape index (κ3) is 4.29. The van der Waals surface area contributed by atoms with Crippen LogP contribution >= 0.6 is 0 Å². The van der Waals surface area contributed by atoms with Gasteiger partial charge in [-0.2, -0.15) is 10.1 Å². The molecule has 3 heterocycles. The van der Waals surface area contributed by atoms with Gasteiger partial charge in [-0.3, -0.25) is 9.48 Å². The zero-order chi connectivity index (χ0) is 20.2. The van der Waals surface area contributed by atoms with Crippen molar-refractivity contribution in [1.29, 1.82) is 0 Å². The highest BCUT2D eigenvalue weighted by molar-refractivity contribution is 5.67. The third-order valence-corrected chi connectivity index (χ3v) is 4.97. The summed E-state index contributed by atoms with van der Waals surface area (Å²) in [6, 6.07) is 6.30. The van der Waals surface area contributed by atoms with Gasteiger partial charge >= 0.3 is 5.97 Å². The zero-order valence-corrected chi connectivity index (χ0v) is 16.3. The molecule has 3 aromatic rings. The van der Waals surface area contributed by atoms with Crippen molar-refractivity contribution in [2.45, 2.75) is 39.3 Å². The maximum atomic E-state index is 10.6. The van der Waals surface area contributed by atoms with E-state index in [1.54, 1.807) is 6.20 Å². The van der Waals surface area contributed by atoms with E-state index in [1.807, 2.05) is 17.8 Å². The molecule has 2 N–H and O–H groups in total. The van der Waals surface area contributed by atoms with E-state index in [0.29, 0.717) is 24.9 Å². The first-order valence-corrected chi connectivity index (χ1v) is 9.82. The number of hydrogen-bond acceptors (Lipinski definition) is 7. The number of nitrogens with one attached hydrogen (secondary N) is 1. The molecule has 9 heteroatoms. The number of carboxylic acids is 1. The van der Waals surface area contributed by atoms with Crippen LogP contribution in [0.25, 0.3) is 11.5 Å². The maximum Gasteiger partial charge on any atom is 0.304 e. The first kappa shape index (κ1) is 19.1. The monoisotopic (exact) mass is 396 g/mol. The van der Waals surface area contributed by atoms with E-state index in [0.717, 1.165) is 42.7 Å². The number of rotatable bonds is 8. The number of aliphatic carboxylic acids is 1. The van der Waals surface area contributed by atoms with Crippen LogP contribution in [0.1, 0.15) is 30.9 Å². The molecule has 0 bridgehead atoms. The fourth-order valence-electron chi connectivity index (χ4n) is 3.49. The summed E-state index contributed by atoms with van der Waals surface area (Å²) in [6.07, 6.45) is 5.74. The van der Waals surface area contributed by atoms with Gasteiger partial charge in [0.25, 0.3) is 11.8 Å². The number of benzene rings is 1. The second-order valence-corrected chi connectivity index (χ2v) is 7.02. The number of fused-ring (bicyclic) bond motifs is 1. The minimum absolute atomic E-state index is 0.121. The Morgan fingerprint density at radius 2 is 2.28 bits per heavy atom. The van der Waals surface area contributed by atoms with Gasteiger partial charge < -0.3 is 19.8 Å². The Labute approximate surface area is 168 Å². The summed E-state index contributed by atoms with van der Waals surface area (Å²) in [6.45, 7) is 4.74. The lowest BCUT2D eigenvalue weighted by Gasteiger charge is -2.28. The molecule has 0 aliphatic carbocycles. The third-order valence-electron chi connectivity index (χ3n) is 4.97. The standard InChI is InChI=1S/C20H24N6O3/c1-2-25-13-16(12-22-25)19-23-20(24-29-19)26-9-3-4-15-10-14(5-6-17(15)26)11-21-8-7-18(27)28/h5-6,10,12-13,21H,2-4,7-9,11H2,1H3,(H,27,28). The Morgan fingerprint density at radius 3 is 3.07 bits per heavy atom. The van der Waals surface area contributed by atoms with Crippen LogP contribution in [0.3, 0.4) is 0 Å². The van der Waals surface area contributed by atoms with Gasteiger partial charge in [0, 0.05) is 38.1 Å². The highest BCUT2D eigenvalue weighted by Gasteiger charge is 2.23. The number of aryl methyl sites for hydroxylation is 2. The number of anilines is 2. The van der Waals surface area contributed by atoms with Crippen LogP contribution in [0.4, 0.5) is 11.6 Å². The van der Waals surface area contributed by atoms with E-state index in [4.69, 9.17) is 9.63 Å². The van der Waals surface area contributed by atoms with Crippen molar-refractivity contribution in [3.05, 3.63) is 41.7 Å².